The summed E-state index contributed by atoms with van der Waals surface area (Å²) in [6, 6.07) is 7.43. The van der Waals surface area contributed by atoms with Crippen molar-refractivity contribution in [3.63, 3.8) is 0 Å². The van der Waals surface area contributed by atoms with Crippen LogP contribution in [0, 0.1) is 0 Å². The summed E-state index contributed by atoms with van der Waals surface area (Å²) in [7, 11) is 1.63. The highest BCUT2D eigenvalue weighted by Gasteiger charge is 2.04. The van der Waals surface area contributed by atoms with Crippen LogP contribution in [0.1, 0.15) is 10.5 Å². The van der Waals surface area contributed by atoms with Crippen molar-refractivity contribution in [3.05, 3.63) is 48.5 Å². The van der Waals surface area contributed by atoms with Gasteiger partial charge in [-0.1, -0.05) is 0 Å². The molecule has 0 unspecified atom stereocenters. The third-order valence-corrected chi connectivity index (χ3v) is 2.99. The van der Waals surface area contributed by atoms with E-state index in [0.717, 1.165) is 11.5 Å². The van der Waals surface area contributed by atoms with E-state index in [1.165, 1.54) is 18.6 Å². The van der Waals surface area contributed by atoms with Crippen LogP contribution in [-0.2, 0) is 0 Å². The van der Waals surface area contributed by atoms with Crippen molar-refractivity contribution in [1.82, 2.24) is 20.6 Å². The molecule has 1 heterocycles. The summed E-state index contributed by atoms with van der Waals surface area (Å²) in [6.07, 6.45) is 4.45. The maximum atomic E-state index is 11.7. The average molecular weight is 316 g/mol. The van der Waals surface area contributed by atoms with E-state index >= 15 is 0 Å². The number of ether oxygens (including phenoxy) is 2. The van der Waals surface area contributed by atoms with Crippen molar-refractivity contribution in [2.45, 2.75) is 0 Å². The van der Waals surface area contributed by atoms with Gasteiger partial charge in [0.05, 0.1) is 13.3 Å². The maximum Gasteiger partial charge on any atom is 0.271 e. The lowest BCUT2D eigenvalue weighted by Gasteiger charge is -2.09. The van der Waals surface area contributed by atoms with E-state index in [1.54, 1.807) is 7.11 Å². The number of nitrogens with zero attached hydrogens (tertiary/aromatic N) is 2. The molecule has 0 radical (unpaired) electrons. The smallest absolute Gasteiger partial charge is 0.271 e. The molecule has 0 aliphatic heterocycles. The van der Waals surface area contributed by atoms with Crippen molar-refractivity contribution in [2.24, 2.45) is 0 Å². The summed E-state index contributed by atoms with van der Waals surface area (Å²) in [5, 5.41) is 5.95. The van der Waals surface area contributed by atoms with Gasteiger partial charge in [-0.3, -0.25) is 9.78 Å². The van der Waals surface area contributed by atoms with Gasteiger partial charge >= 0.3 is 0 Å². The molecule has 0 bridgehead atoms. The Morgan fingerprint density at radius 2 is 1.87 bits per heavy atom. The van der Waals surface area contributed by atoms with E-state index in [2.05, 4.69) is 20.6 Å². The Hall–Kier alpha value is -2.67. The first-order chi connectivity index (χ1) is 11.3. The molecule has 0 fully saturated rings. The Kier molecular flexibility index (Phi) is 6.80. The van der Waals surface area contributed by atoms with Gasteiger partial charge in [-0.15, -0.1) is 0 Å². The molecule has 2 rings (SSSR count). The van der Waals surface area contributed by atoms with Crippen LogP contribution < -0.4 is 20.1 Å². The molecule has 0 aliphatic rings. The van der Waals surface area contributed by atoms with Crippen LogP contribution in [0.25, 0.3) is 0 Å². The fourth-order valence-corrected chi connectivity index (χ4v) is 1.81. The second-order valence-electron chi connectivity index (χ2n) is 4.62. The lowest BCUT2D eigenvalue weighted by molar-refractivity contribution is 0.0948. The predicted octanol–water partition coefficient (Wildman–Crippen LogP) is 0.884. The number of benzene rings is 1. The molecule has 1 aromatic heterocycles. The van der Waals surface area contributed by atoms with Crippen molar-refractivity contribution >= 4 is 5.91 Å². The monoisotopic (exact) mass is 316 g/mol. The molecule has 0 aliphatic carbocycles. The molecule has 2 aromatic rings. The van der Waals surface area contributed by atoms with E-state index in [4.69, 9.17) is 9.47 Å². The van der Waals surface area contributed by atoms with Crippen molar-refractivity contribution in [2.75, 3.05) is 33.4 Å². The lowest BCUT2D eigenvalue weighted by atomic mass is 10.3. The molecule has 7 heteroatoms. The van der Waals surface area contributed by atoms with E-state index in [1.807, 2.05) is 24.3 Å². The van der Waals surface area contributed by atoms with E-state index in [9.17, 15) is 4.79 Å². The van der Waals surface area contributed by atoms with Gasteiger partial charge in [0.1, 0.15) is 23.8 Å². The predicted molar refractivity (Wildman–Crippen MR) is 85.7 cm³/mol. The van der Waals surface area contributed by atoms with Crippen molar-refractivity contribution in [3.8, 4) is 11.5 Å². The van der Waals surface area contributed by atoms with Crippen LogP contribution in [0.5, 0.6) is 11.5 Å². The fraction of sp³-hybridized carbons (Fsp3) is 0.312. The molecule has 1 aromatic carbocycles. The number of amides is 1. The Morgan fingerprint density at radius 3 is 2.57 bits per heavy atom. The second-order valence-corrected chi connectivity index (χ2v) is 4.62. The SMILES string of the molecule is COc1ccc(OCCNCCNC(=O)c2cnccn2)cc1. The Morgan fingerprint density at radius 1 is 1.09 bits per heavy atom. The molecule has 0 saturated carbocycles. The molecule has 0 atom stereocenters. The number of hydrogen-bond donors (Lipinski definition) is 2. The highest BCUT2D eigenvalue weighted by molar-refractivity contribution is 5.91. The van der Waals surface area contributed by atoms with E-state index in [-0.39, 0.29) is 5.91 Å². The van der Waals surface area contributed by atoms with Crippen LogP contribution in [-0.4, -0.2) is 49.2 Å². The number of methoxy groups -OCH3 is 1. The summed E-state index contributed by atoms with van der Waals surface area (Å²) in [5.74, 6) is 1.37. The van der Waals surface area contributed by atoms with Gasteiger partial charge in [0.15, 0.2) is 0 Å². The molecule has 0 saturated heterocycles. The average Bonchev–Trinajstić information content (AvgIpc) is 2.62. The molecule has 2 N–H and O–H groups in total. The number of carbonyl (C=O) groups is 1. The van der Waals surface area contributed by atoms with E-state index < -0.39 is 0 Å². The molecule has 0 spiro atoms. The number of rotatable bonds is 9. The normalized spacial score (nSPS) is 10.1. The number of carbonyl (C=O) groups excluding carboxylic acids is 1. The standard InChI is InChI=1S/C16H20N4O3/c1-22-13-2-4-14(5-3-13)23-11-10-17-6-9-20-16(21)15-12-18-7-8-19-15/h2-5,7-8,12,17H,6,9-11H2,1H3,(H,20,21). The first kappa shape index (κ1) is 16.7. The zero-order valence-corrected chi connectivity index (χ0v) is 13.0. The molecular weight excluding hydrogens is 296 g/mol. The van der Waals surface area contributed by atoms with Gasteiger partial charge in [0.25, 0.3) is 5.91 Å². The summed E-state index contributed by atoms with van der Waals surface area (Å²) in [5.41, 5.74) is 0.315. The highest BCUT2D eigenvalue weighted by atomic mass is 16.5. The Bertz CT molecular complexity index is 590. The van der Waals surface area contributed by atoms with Crippen LogP contribution in [0.3, 0.4) is 0 Å². The lowest BCUT2D eigenvalue weighted by Crippen LogP contribution is -2.33. The zero-order valence-electron chi connectivity index (χ0n) is 13.0. The van der Waals surface area contributed by atoms with Crippen LogP contribution >= 0.6 is 0 Å². The summed E-state index contributed by atoms with van der Waals surface area (Å²) in [6.45, 7) is 2.40. The van der Waals surface area contributed by atoms with Gasteiger partial charge < -0.3 is 20.1 Å². The van der Waals surface area contributed by atoms with Crippen molar-refractivity contribution in [1.29, 1.82) is 0 Å². The van der Waals surface area contributed by atoms with Crippen molar-refractivity contribution < 1.29 is 14.3 Å². The largest absolute Gasteiger partial charge is 0.497 e. The Balaban J connectivity index is 1.53. The van der Waals surface area contributed by atoms with Crippen LogP contribution in [0.2, 0.25) is 0 Å². The van der Waals surface area contributed by atoms with Gasteiger partial charge in [0, 0.05) is 32.0 Å². The maximum absolute atomic E-state index is 11.7. The first-order valence-electron chi connectivity index (χ1n) is 7.31. The minimum atomic E-state index is -0.227. The summed E-state index contributed by atoms with van der Waals surface area (Å²) >= 11 is 0. The summed E-state index contributed by atoms with van der Waals surface area (Å²) < 4.78 is 10.7. The topological polar surface area (TPSA) is 85.4 Å². The van der Waals surface area contributed by atoms with Crippen LogP contribution in [0.4, 0.5) is 0 Å². The van der Waals surface area contributed by atoms with Gasteiger partial charge in [0.2, 0.25) is 0 Å². The third kappa shape index (κ3) is 5.91. The minimum absolute atomic E-state index is 0.227. The van der Waals surface area contributed by atoms with Gasteiger partial charge in [-0.2, -0.15) is 0 Å². The third-order valence-electron chi connectivity index (χ3n) is 2.99. The molecule has 1 amide bonds. The highest BCUT2D eigenvalue weighted by Crippen LogP contribution is 2.16. The number of aromatic nitrogens is 2. The van der Waals surface area contributed by atoms with Gasteiger partial charge in [-0.05, 0) is 24.3 Å². The van der Waals surface area contributed by atoms with Gasteiger partial charge in [-0.25, -0.2) is 4.98 Å². The van der Waals surface area contributed by atoms with Crippen LogP contribution in [0.15, 0.2) is 42.9 Å². The second kappa shape index (κ2) is 9.37. The zero-order chi connectivity index (χ0) is 16.3. The fourth-order valence-electron chi connectivity index (χ4n) is 1.81. The summed E-state index contributed by atoms with van der Waals surface area (Å²) in [4.78, 5) is 19.5. The quantitative estimate of drug-likeness (QED) is 0.668. The molecule has 7 nitrogen and oxygen atoms in total. The Labute approximate surface area is 135 Å². The number of nitrogens with one attached hydrogen (secondary N) is 2. The molecule has 23 heavy (non-hydrogen) atoms. The number of hydrogen-bond acceptors (Lipinski definition) is 6. The minimum Gasteiger partial charge on any atom is -0.497 e. The molecule has 122 valence electrons. The first-order valence-corrected chi connectivity index (χ1v) is 7.31. The molecular formula is C16H20N4O3. The van der Waals surface area contributed by atoms with E-state index in [0.29, 0.717) is 31.9 Å².